The average molecular weight is 536 g/mol. The van der Waals surface area contributed by atoms with Crippen LogP contribution in [-0.2, 0) is 13.1 Å². The van der Waals surface area contributed by atoms with Crippen LogP contribution in [0.2, 0.25) is 5.02 Å². The van der Waals surface area contributed by atoms with Crippen molar-refractivity contribution >= 4 is 28.4 Å². The van der Waals surface area contributed by atoms with Crippen molar-refractivity contribution in [1.29, 1.82) is 0 Å². The van der Waals surface area contributed by atoms with Gasteiger partial charge < -0.3 is 14.8 Å². The predicted molar refractivity (Wildman–Crippen MR) is 149 cm³/mol. The molecule has 0 aliphatic heterocycles. The van der Waals surface area contributed by atoms with E-state index >= 15 is 0 Å². The van der Waals surface area contributed by atoms with E-state index in [4.69, 9.17) is 21.1 Å². The molecule has 0 spiro atoms. The molecule has 0 bridgehead atoms. The third-order valence-corrected chi connectivity index (χ3v) is 6.78. The van der Waals surface area contributed by atoms with Crippen LogP contribution in [0.1, 0.15) is 41.8 Å². The number of hydrogen-bond acceptors (Lipinski definition) is 5. The summed E-state index contributed by atoms with van der Waals surface area (Å²) in [4.78, 5) is 39.7. The van der Waals surface area contributed by atoms with Gasteiger partial charge in [-0.05, 0) is 54.8 Å². The summed E-state index contributed by atoms with van der Waals surface area (Å²) in [6.07, 6.45) is 0.827. The first kappa shape index (κ1) is 27.0. The highest BCUT2D eigenvalue weighted by Crippen LogP contribution is 2.30. The molecule has 198 valence electrons. The molecule has 4 aromatic rings. The number of rotatable bonds is 9. The number of nitrogens with one attached hydrogen (secondary N) is 1. The van der Waals surface area contributed by atoms with Crippen molar-refractivity contribution < 1.29 is 14.3 Å². The third kappa shape index (κ3) is 5.60. The first-order chi connectivity index (χ1) is 18.2. The van der Waals surface area contributed by atoms with Gasteiger partial charge in [-0.15, -0.1) is 0 Å². The first-order valence-corrected chi connectivity index (χ1v) is 12.7. The van der Waals surface area contributed by atoms with E-state index in [-0.39, 0.29) is 25.0 Å². The normalized spacial score (nSPS) is 11.8. The second kappa shape index (κ2) is 11.6. The number of carbonyl (C=O) groups excluding carboxylic acids is 1. The van der Waals surface area contributed by atoms with E-state index in [1.165, 1.54) is 23.4 Å². The lowest BCUT2D eigenvalue weighted by atomic mass is 10.1. The minimum absolute atomic E-state index is 0.0375. The van der Waals surface area contributed by atoms with E-state index < -0.39 is 11.2 Å². The lowest BCUT2D eigenvalue weighted by Gasteiger charge is -2.17. The lowest BCUT2D eigenvalue weighted by molar-refractivity contribution is 0.0939. The molecule has 4 rings (SSSR count). The monoisotopic (exact) mass is 535 g/mol. The van der Waals surface area contributed by atoms with E-state index in [9.17, 15) is 14.4 Å². The molecule has 0 aliphatic carbocycles. The van der Waals surface area contributed by atoms with Crippen molar-refractivity contribution in [1.82, 2.24) is 14.5 Å². The highest BCUT2D eigenvalue weighted by atomic mass is 35.5. The highest BCUT2D eigenvalue weighted by molar-refractivity contribution is 6.30. The van der Waals surface area contributed by atoms with Crippen molar-refractivity contribution in [2.24, 2.45) is 0 Å². The van der Waals surface area contributed by atoms with Crippen LogP contribution in [0.15, 0.2) is 70.3 Å². The summed E-state index contributed by atoms with van der Waals surface area (Å²) in [6, 6.07) is 17.4. The van der Waals surface area contributed by atoms with Crippen LogP contribution >= 0.6 is 11.6 Å². The highest BCUT2D eigenvalue weighted by Gasteiger charge is 2.18. The fourth-order valence-electron chi connectivity index (χ4n) is 4.16. The number of amides is 1. The minimum Gasteiger partial charge on any atom is -0.493 e. The van der Waals surface area contributed by atoms with Gasteiger partial charge in [-0.3, -0.25) is 18.7 Å². The van der Waals surface area contributed by atoms with Gasteiger partial charge in [0, 0.05) is 22.7 Å². The van der Waals surface area contributed by atoms with E-state index in [0.717, 1.165) is 12.0 Å². The van der Waals surface area contributed by atoms with Gasteiger partial charge in [0.05, 0.1) is 38.2 Å². The van der Waals surface area contributed by atoms with Gasteiger partial charge in [0.1, 0.15) is 0 Å². The molecule has 1 N–H and O–H groups in total. The number of nitrogens with zero attached hydrogens (tertiary/aromatic N) is 2. The second-order valence-electron chi connectivity index (χ2n) is 9.09. The molecule has 8 nitrogen and oxygen atoms in total. The van der Waals surface area contributed by atoms with Crippen molar-refractivity contribution in [3.63, 3.8) is 0 Å². The third-order valence-electron chi connectivity index (χ3n) is 6.53. The van der Waals surface area contributed by atoms with Gasteiger partial charge in [-0.25, -0.2) is 4.79 Å². The Labute approximate surface area is 225 Å². The standard InChI is InChI=1S/C29H30ClN3O5/c1-5-18(2)31-27(34)21-10-6-19(7-11-21)17-33-28(35)23-14-25(37-3)26(38-4)15-24(23)32(29(33)36)16-20-8-12-22(30)13-9-20/h6-15,18H,5,16-17H2,1-4H3,(H,31,34). The van der Waals surface area contributed by atoms with Crippen molar-refractivity contribution in [3.05, 3.63) is 103 Å². The summed E-state index contributed by atoms with van der Waals surface area (Å²) in [5, 5.41) is 3.84. The number of methoxy groups -OCH3 is 2. The van der Waals surface area contributed by atoms with Crippen LogP contribution in [0.5, 0.6) is 11.5 Å². The maximum absolute atomic E-state index is 13.7. The Hall–Kier alpha value is -4.04. The van der Waals surface area contributed by atoms with Crippen LogP contribution < -0.4 is 26.0 Å². The maximum Gasteiger partial charge on any atom is 0.332 e. The number of ether oxygens (including phenoxy) is 2. The molecule has 0 saturated heterocycles. The number of hydrogen-bond donors (Lipinski definition) is 1. The van der Waals surface area contributed by atoms with E-state index in [2.05, 4.69) is 5.32 Å². The Bertz CT molecular complexity index is 1570. The Kier molecular flexibility index (Phi) is 8.22. The summed E-state index contributed by atoms with van der Waals surface area (Å²) in [6.45, 7) is 4.20. The first-order valence-electron chi connectivity index (χ1n) is 12.3. The fourth-order valence-corrected chi connectivity index (χ4v) is 4.29. The summed E-state index contributed by atoms with van der Waals surface area (Å²) in [7, 11) is 2.99. The maximum atomic E-state index is 13.7. The van der Waals surface area contributed by atoms with Crippen molar-refractivity contribution in [3.8, 4) is 11.5 Å². The summed E-state index contributed by atoms with van der Waals surface area (Å²) in [5.41, 5.74) is 1.58. The number of benzene rings is 3. The SMILES string of the molecule is CCC(C)NC(=O)c1ccc(Cn2c(=O)c3cc(OC)c(OC)cc3n(Cc3ccc(Cl)cc3)c2=O)cc1. The lowest BCUT2D eigenvalue weighted by Crippen LogP contribution is -2.40. The van der Waals surface area contributed by atoms with Gasteiger partial charge in [0.15, 0.2) is 11.5 Å². The number of fused-ring (bicyclic) bond motifs is 1. The number of halogens is 1. The molecular formula is C29H30ClN3O5. The molecule has 1 atom stereocenters. The van der Waals surface area contributed by atoms with Crippen LogP contribution in [0.4, 0.5) is 0 Å². The van der Waals surface area contributed by atoms with Gasteiger partial charge in [-0.1, -0.05) is 42.8 Å². The molecule has 1 unspecified atom stereocenters. The molecule has 1 aromatic heterocycles. The minimum atomic E-state index is -0.469. The van der Waals surface area contributed by atoms with E-state index in [1.54, 1.807) is 48.5 Å². The molecular weight excluding hydrogens is 506 g/mol. The van der Waals surface area contributed by atoms with Gasteiger partial charge in [-0.2, -0.15) is 0 Å². The van der Waals surface area contributed by atoms with Crippen LogP contribution in [0.25, 0.3) is 10.9 Å². The number of carbonyl (C=O) groups is 1. The summed E-state index contributed by atoms with van der Waals surface area (Å²) >= 11 is 6.04. The summed E-state index contributed by atoms with van der Waals surface area (Å²) in [5.74, 6) is 0.629. The van der Waals surface area contributed by atoms with E-state index in [1.807, 2.05) is 26.0 Å². The molecule has 0 saturated carbocycles. The van der Waals surface area contributed by atoms with Crippen molar-refractivity contribution in [2.45, 2.75) is 39.4 Å². The molecule has 1 amide bonds. The van der Waals surface area contributed by atoms with Gasteiger partial charge in [0.25, 0.3) is 11.5 Å². The van der Waals surface area contributed by atoms with Crippen LogP contribution in [0, 0.1) is 0 Å². The van der Waals surface area contributed by atoms with Gasteiger partial charge >= 0.3 is 5.69 Å². The zero-order chi connectivity index (χ0) is 27.4. The zero-order valence-corrected chi connectivity index (χ0v) is 22.5. The second-order valence-corrected chi connectivity index (χ2v) is 9.53. The number of aromatic nitrogens is 2. The average Bonchev–Trinajstić information content (AvgIpc) is 2.93. The Morgan fingerprint density at radius 1 is 0.895 bits per heavy atom. The topological polar surface area (TPSA) is 91.6 Å². The Morgan fingerprint density at radius 3 is 2.03 bits per heavy atom. The molecule has 0 fully saturated rings. The quantitative estimate of drug-likeness (QED) is 0.342. The molecule has 0 aliphatic rings. The van der Waals surface area contributed by atoms with Crippen LogP contribution in [-0.4, -0.2) is 35.3 Å². The zero-order valence-electron chi connectivity index (χ0n) is 21.8. The van der Waals surface area contributed by atoms with Crippen molar-refractivity contribution in [2.75, 3.05) is 14.2 Å². The largest absolute Gasteiger partial charge is 0.493 e. The van der Waals surface area contributed by atoms with Crippen LogP contribution in [0.3, 0.4) is 0 Å². The molecule has 9 heteroatoms. The predicted octanol–water partition coefficient (Wildman–Crippen LogP) is 4.46. The Morgan fingerprint density at radius 2 is 1.45 bits per heavy atom. The van der Waals surface area contributed by atoms with E-state index in [0.29, 0.717) is 38.6 Å². The fraction of sp³-hybridized carbons (Fsp3) is 0.276. The molecule has 3 aromatic carbocycles. The summed E-state index contributed by atoms with van der Waals surface area (Å²) < 4.78 is 13.6. The molecule has 1 heterocycles. The molecule has 38 heavy (non-hydrogen) atoms. The smallest absolute Gasteiger partial charge is 0.332 e. The Balaban J connectivity index is 1.80. The van der Waals surface area contributed by atoms with Gasteiger partial charge in [0.2, 0.25) is 0 Å². The molecule has 0 radical (unpaired) electrons.